The van der Waals surface area contributed by atoms with E-state index in [4.69, 9.17) is 11.6 Å². The van der Waals surface area contributed by atoms with Crippen molar-refractivity contribution in [2.75, 3.05) is 7.05 Å². The highest BCUT2D eigenvalue weighted by atomic mass is 35.5. The van der Waals surface area contributed by atoms with Crippen molar-refractivity contribution in [2.45, 2.75) is 18.5 Å². The van der Waals surface area contributed by atoms with E-state index in [1.807, 2.05) is 18.4 Å². The summed E-state index contributed by atoms with van der Waals surface area (Å²) in [4.78, 5) is 4.88. The van der Waals surface area contributed by atoms with Crippen molar-refractivity contribution in [3.05, 3.63) is 33.4 Å². The van der Waals surface area contributed by atoms with Gasteiger partial charge in [0.15, 0.2) is 0 Å². The average molecular weight is 320 g/mol. The average Bonchev–Trinajstić information content (AvgIpc) is 2.88. The van der Waals surface area contributed by atoms with Crippen molar-refractivity contribution >= 4 is 33.0 Å². The SMILES string of the molecule is Cc1ccsc1CN(C)S(=O)(=O)c1ncn(C)c1Cl. The maximum Gasteiger partial charge on any atom is 0.263 e. The van der Waals surface area contributed by atoms with Crippen LogP contribution >= 0.6 is 22.9 Å². The van der Waals surface area contributed by atoms with E-state index in [-0.39, 0.29) is 10.2 Å². The third-order valence-corrected chi connectivity index (χ3v) is 6.13. The molecule has 0 aliphatic carbocycles. The van der Waals surface area contributed by atoms with Crippen LogP contribution in [0.5, 0.6) is 0 Å². The fourth-order valence-corrected chi connectivity index (χ4v) is 4.12. The number of hydrogen-bond donors (Lipinski definition) is 0. The molecule has 0 amide bonds. The standard InChI is InChI=1S/C11H14ClN3O2S2/c1-8-4-5-18-9(8)6-15(3)19(16,17)11-10(12)14(2)7-13-11/h4-5,7H,6H2,1-3H3. The first-order chi connectivity index (χ1) is 8.84. The molecule has 0 N–H and O–H groups in total. The van der Waals surface area contributed by atoms with E-state index >= 15 is 0 Å². The first-order valence-corrected chi connectivity index (χ1v) is 8.20. The van der Waals surface area contributed by atoms with E-state index in [0.29, 0.717) is 6.54 Å². The minimum atomic E-state index is -3.67. The lowest BCUT2D eigenvalue weighted by molar-refractivity contribution is 0.466. The summed E-state index contributed by atoms with van der Waals surface area (Å²) in [7, 11) is -0.488. The summed E-state index contributed by atoms with van der Waals surface area (Å²) in [6, 6.07) is 1.97. The molecule has 0 saturated heterocycles. The second-order valence-electron chi connectivity index (χ2n) is 4.24. The lowest BCUT2D eigenvalue weighted by atomic mass is 10.3. The van der Waals surface area contributed by atoms with Gasteiger partial charge in [0.05, 0.1) is 6.33 Å². The molecule has 0 saturated carbocycles. The normalized spacial score (nSPS) is 12.3. The Hall–Kier alpha value is -0.890. The van der Waals surface area contributed by atoms with Crippen molar-refractivity contribution in [2.24, 2.45) is 7.05 Å². The Morgan fingerprint density at radius 3 is 2.68 bits per heavy atom. The molecular weight excluding hydrogens is 306 g/mol. The van der Waals surface area contributed by atoms with Crippen LogP contribution in [0.4, 0.5) is 0 Å². The summed E-state index contributed by atoms with van der Waals surface area (Å²) in [5.74, 6) is 0. The Bertz CT molecular complexity index is 691. The summed E-state index contributed by atoms with van der Waals surface area (Å²) in [6.45, 7) is 2.28. The fourth-order valence-electron chi connectivity index (χ4n) is 1.57. The molecule has 19 heavy (non-hydrogen) atoms. The second-order valence-corrected chi connectivity index (χ2v) is 7.56. The quantitative estimate of drug-likeness (QED) is 0.868. The van der Waals surface area contributed by atoms with Gasteiger partial charge < -0.3 is 4.57 Å². The van der Waals surface area contributed by atoms with E-state index in [2.05, 4.69) is 4.98 Å². The summed E-state index contributed by atoms with van der Waals surface area (Å²) in [5, 5.41) is 1.96. The number of rotatable bonds is 4. The van der Waals surface area contributed by atoms with Crippen LogP contribution in [0, 0.1) is 6.92 Å². The monoisotopic (exact) mass is 319 g/mol. The highest BCUT2D eigenvalue weighted by molar-refractivity contribution is 7.89. The van der Waals surface area contributed by atoms with Gasteiger partial charge in [-0.05, 0) is 23.9 Å². The van der Waals surface area contributed by atoms with Gasteiger partial charge in [0.1, 0.15) is 5.15 Å². The molecule has 2 rings (SSSR count). The molecule has 0 radical (unpaired) electrons. The first-order valence-electron chi connectivity index (χ1n) is 5.50. The number of aryl methyl sites for hydroxylation is 2. The lowest BCUT2D eigenvalue weighted by Gasteiger charge is -2.15. The number of halogens is 1. The molecule has 0 aliphatic rings. The summed E-state index contributed by atoms with van der Waals surface area (Å²) in [5.41, 5.74) is 1.08. The van der Waals surface area contributed by atoms with Gasteiger partial charge >= 0.3 is 0 Å². The highest BCUT2D eigenvalue weighted by Crippen LogP contribution is 2.24. The summed E-state index contributed by atoms with van der Waals surface area (Å²) in [6.07, 6.45) is 1.39. The zero-order valence-corrected chi connectivity index (χ0v) is 13.2. The maximum atomic E-state index is 12.4. The Kier molecular flexibility index (Phi) is 4.00. The van der Waals surface area contributed by atoms with Crippen molar-refractivity contribution in [3.8, 4) is 0 Å². The summed E-state index contributed by atoms with van der Waals surface area (Å²) >= 11 is 7.48. The third-order valence-electron chi connectivity index (χ3n) is 2.82. The molecule has 5 nitrogen and oxygen atoms in total. The van der Waals surface area contributed by atoms with Crippen LogP contribution in [0.2, 0.25) is 5.15 Å². The third kappa shape index (κ3) is 2.69. The van der Waals surface area contributed by atoms with Crippen molar-refractivity contribution in [1.82, 2.24) is 13.9 Å². The lowest BCUT2D eigenvalue weighted by Crippen LogP contribution is -2.27. The number of sulfonamides is 1. The molecular formula is C11H14ClN3O2S2. The van der Waals surface area contributed by atoms with Gasteiger partial charge in [0, 0.05) is 25.5 Å². The Morgan fingerprint density at radius 1 is 1.53 bits per heavy atom. The molecule has 2 heterocycles. The van der Waals surface area contributed by atoms with E-state index in [1.54, 1.807) is 7.05 Å². The van der Waals surface area contributed by atoms with Gasteiger partial charge in [-0.3, -0.25) is 0 Å². The molecule has 0 spiro atoms. The van der Waals surface area contributed by atoms with Crippen LogP contribution in [-0.2, 0) is 23.6 Å². The van der Waals surface area contributed by atoms with Crippen LogP contribution < -0.4 is 0 Å². The zero-order valence-electron chi connectivity index (χ0n) is 10.8. The van der Waals surface area contributed by atoms with Crippen LogP contribution in [0.3, 0.4) is 0 Å². The Morgan fingerprint density at radius 2 is 2.21 bits per heavy atom. The van der Waals surface area contributed by atoms with Crippen molar-refractivity contribution < 1.29 is 8.42 Å². The molecule has 0 unspecified atom stereocenters. The van der Waals surface area contributed by atoms with Crippen LogP contribution in [0.15, 0.2) is 22.8 Å². The maximum absolute atomic E-state index is 12.4. The molecule has 104 valence electrons. The number of thiophene rings is 1. The largest absolute Gasteiger partial charge is 0.324 e. The van der Waals surface area contributed by atoms with E-state index in [1.165, 1.54) is 33.6 Å². The van der Waals surface area contributed by atoms with E-state index < -0.39 is 10.0 Å². The topological polar surface area (TPSA) is 55.2 Å². The Labute approximate surface area is 121 Å². The van der Waals surface area contributed by atoms with Gasteiger partial charge in [0.2, 0.25) is 5.03 Å². The molecule has 0 fully saturated rings. The minimum Gasteiger partial charge on any atom is -0.324 e. The molecule has 0 atom stereocenters. The molecule has 0 aromatic carbocycles. The zero-order chi connectivity index (χ0) is 14.2. The van der Waals surface area contributed by atoms with Gasteiger partial charge in [-0.1, -0.05) is 11.6 Å². The predicted molar refractivity (Wildman–Crippen MR) is 75.9 cm³/mol. The molecule has 2 aromatic rings. The van der Waals surface area contributed by atoms with Crippen LogP contribution in [0.25, 0.3) is 0 Å². The molecule has 2 aromatic heterocycles. The van der Waals surface area contributed by atoms with Crippen LogP contribution in [-0.4, -0.2) is 29.3 Å². The van der Waals surface area contributed by atoms with Crippen molar-refractivity contribution in [1.29, 1.82) is 0 Å². The van der Waals surface area contributed by atoms with E-state index in [0.717, 1.165) is 10.4 Å². The summed E-state index contributed by atoms with van der Waals surface area (Å²) < 4.78 is 27.5. The number of aromatic nitrogens is 2. The highest BCUT2D eigenvalue weighted by Gasteiger charge is 2.27. The van der Waals surface area contributed by atoms with Gasteiger partial charge in [-0.25, -0.2) is 13.4 Å². The predicted octanol–water partition coefficient (Wildman–Crippen LogP) is 2.26. The molecule has 0 aliphatic heterocycles. The fraction of sp³-hybridized carbons (Fsp3) is 0.364. The number of imidazole rings is 1. The van der Waals surface area contributed by atoms with Gasteiger partial charge in [-0.15, -0.1) is 11.3 Å². The first kappa shape index (κ1) is 14.5. The number of hydrogen-bond acceptors (Lipinski definition) is 4. The van der Waals surface area contributed by atoms with Gasteiger partial charge in [0.25, 0.3) is 10.0 Å². The number of nitrogens with zero attached hydrogens (tertiary/aromatic N) is 3. The Balaban J connectivity index is 2.30. The molecule has 0 bridgehead atoms. The minimum absolute atomic E-state index is 0.103. The molecule has 8 heteroatoms. The van der Waals surface area contributed by atoms with E-state index in [9.17, 15) is 8.42 Å². The van der Waals surface area contributed by atoms with Gasteiger partial charge in [-0.2, -0.15) is 4.31 Å². The second kappa shape index (κ2) is 5.24. The smallest absolute Gasteiger partial charge is 0.263 e. The van der Waals surface area contributed by atoms with Crippen molar-refractivity contribution in [3.63, 3.8) is 0 Å². The van der Waals surface area contributed by atoms with Crippen LogP contribution in [0.1, 0.15) is 10.4 Å².